The van der Waals surface area contributed by atoms with Gasteiger partial charge in [0.2, 0.25) is 5.91 Å². The first-order chi connectivity index (χ1) is 13.6. The Morgan fingerprint density at radius 1 is 1.11 bits per heavy atom. The van der Waals surface area contributed by atoms with Gasteiger partial charge in [-0.1, -0.05) is 12.1 Å². The first-order valence-electron chi connectivity index (χ1n) is 9.90. The number of halogens is 1. The van der Waals surface area contributed by atoms with E-state index in [9.17, 15) is 9.18 Å². The van der Waals surface area contributed by atoms with Crippen molar-refractivity contribution in [1.29, 1.82) is 0 Å². The molecule has 1 saturated heterocycles. The van der Waals surface area contributed by atoms with Crippen molar-refractivity contribution in [2.75, 3.05) is 42.9 Å². The fourth-order valence-electron chi connectivity index (χ4n) is 3.88. The van der Waals surface area contributed by atoms with Crippen molar-refractivity contribution in [3.05, 3.63) is 53.8 Å². The van der Waals surface area contributed by atoms with Crippen LogP contribution in [0.25, 0.3) is 0 Å². The van der Waals surface area contributed by atoms with Crippen molar-refractivity contribution >= 4 is 29.0 Å². The molecule has 1 unspecified atom stereocenters. The Kier molecular flexibility index (Phi) is 5.87. The number of fused-ring (bicyclic) bond motifs is 1. The molecule has 0 radical (unpaired) electrons. The second-order valence-electron chi connectivity index (χ2n) is 7.49. The van der Waals surface area contributed by atoms with E-state index in [4.69, 9.17) is 0 Å². The summed E-state index contributed by atoms with van der Waals surface area (Å²) in [7, 11) is 0. The third-order valence-corrected chi connectivity index (χ3v) is 6.88. The summed E-state index contributed by atoms with van der Waals surface area (Å²) >= 11 is 1.70. The summed E-state index contributed by atoms with van der Waals surface area (Å²) in [5.41, 5.74) is 3.19. The van der Waals surface area contributed by atoms with Crippen LogP contribution in [0.5, 0.6) is 0 Å². The number of benzene rings is 2. The third kappa shape index (κ3) is 4.33. The maximum atomic E-state index is 13.1. The number of carbonyl (C=O) groups excluding carboxylic acids is 1. The van der Waals surface area contributed by atoms with Gasteiger partial charge in [-0.15, -0.1) is 11.8 Å². The molecule has 1 amide bonds. The lowest BCUT2D eigenvalue weighted by molar-refractivity contribution is -0.116. The fourth-order valence-corrected chi connectivity index (χ4v) is 5.13. The minimum Gasteiger partial charge on any atom is -0.369 e. The van der Waals surface area contributed by atoms with E-state index in [1.807, 2.05) is 25.1 Å². The lowest BCUT2D eigenvalue weighted by atomic mass is 10.1. The molecule has 2 aliphatic rings. The van der Waals surface area contributed by atoms with Gasteiger partial charge in [0.15, 0.2) is 0 Å². The molecule has 1 fully saturated rings. The topological polar surface area (TPSA) is 35.6 Å². The molecule has 2 aromatic carbocycles. The molecule has 148 valence electrons. The van der Waals surface area contributed by atoms with Crippen LogP contribution in [-0.4, -0.2) is 48.8 Å². The molecule has 0 saturated carbocycles. The van der Waals surface area contributed by atoms with Crippen molar-refractivity contribution in [2.24, 2.45) is 0 Å². The van der Waals surface area contributed by atoms with E-state index in [-0.39, 0.29) is 17.0 Å². The predicted molar refractivity (Wildman–Crippen MR) is 114 cm³/mol. The number of anilines is 2. The fraction of sp³-hybridized carbons (Fsp3) is 0.409. The molecule has 6 heteroatoms. The number of nitrogens with zero attached hydrogens (tertiary/aromatic N) is 2. The average Bonchev–Trinajstić information content (AvgIpc) is 2.70. The lowest BCUT2D eigenvalue weighted by Gasteiger charge is -2.36. The van der Waals surface area contributed by atoms with E-state index in [1.165, 1.54) is 17.0 Å². The zero-order chi connectivity index (χ0) is 19.5. The third-order valence-electron chi connectivity index (χ3n) is 5.55. The van der Waals surface area contributed by atoms with E-state index in [0.717, 1.165) is 62.5 Å². The summed E-state index contributed by atoms with van der Waals surface area (Å²) < 4.78 is 13.1. The number of aryl methyl sites for hydroxylation is 1. The largest absolute Gasteiger partial charge is 0.369 e. The van der Waals surface area contributed by atoms with Crippen LogP contribution in [0, 0.1) is 12.7 Å². The van der Waals surface area contributed by atoms with Gasteiger partial charge in [-0.3, -0.25) is 9.69 Å². The Balaban J connectivity index is 1.23. The van der Waals surface area contributed by atoms with E-state index in [2.05, 4.69) is 27.2 Å². The quantitative estimate of drug-likeness (QED) is 0.819. The highest BCUT2D eigenvalue weighted by Gasteiger charge is 2.27. The van der Waals surface area contributed by atoms with Gasteiger partial charge >= 0.3 is 0 Å². The highest BCUT2D eigenvalue weighted by atomic mass is 32.2. The number of rotatable bonds is 5. The molecule has 2 aromatic rings. The Bertz CT molecular complexity index is 834. The molecule has 4 rings (SSSR count). The molecule has 4 nitrogen and oxygen atoms in total. The minimum absolute atomic E-state index is 0.00481. The van der Waals surface area contributed by atoms with Crippen molar-refractivity contribution in [1.82, 2.24) is 4.90 Å². The zero-order valence-corrected chi connectivity index (χ0v) is 17.0. The maximum Gasteiger partial charge on any atom is 0.237 e. The molecule has 2 heterocycles. The SMILES string of the molecule is Cc1cccc2c1NC(=O)C(CCCN1CCN(c3ccc(F)cc3)CC1)S2. The summed E-state index contributed by atoms with van der Waals surface area (Å²) in [5, 5.41) is 3.08. The molecule has 0 spiro atoms. The maximum absolute atomic E-state index is 13.1. The summed E-state index contributed by atoms with van der Waals surface area (Å²) in [6.07, 6.45) is 1.91. The number of para-hydroxylation sites is 1. The van der Waals surface area contributed by atoms with E-state index >= 15 is 0 Å². The number of carbonyl (C=O) groups is 1. The van der Waals surface area contributed by atoms with Gasteiger partial charge in [0.25, 0.3) is 0 Å². The second kappa shape index (κ2) is 8.53. The van der Waals surface area contributed by atoms with Crippen LogP contribution in [0.4, 0.5) is 15.8 Å². The highest BCUT2D eigenvalue weighted by molar-refractivity contribution is 8.01. The number of thioether (sulfide) groups is 1. The standard InChI is InChI=1S/C22H26FN3OS/c1-16-4-2-5-19-21(16)24-22(27)20(28-19)6-3-11-25-12-14-26(15-13-25)18-9-7-17(23)8-10-18/h2,4-5,7-10,20H,3,6,11-15H2,1H3,(H,24,27). The minimum atomic E-state index is -0.190. The summed E-state index contributed by atoms with van der Waals surface area (Å²) in [6, 6.07) is 12.9. The molecular formula is C22H26FN3OS. The molecule has 0 aliphatic carbocycles. The molecule has 1 atom stereocenters. The second-order valence-corrected chi connectivity index (χ2v) is 8.74. The Morgan fingerprint density at radius 2 is 1.86 bits per heavy atom. The van der Waals surface area contributed by atoms with Crippen molar-refractivity contribution in [2.45, 2.75) is 29.9 Å². The Labute approximate surface area is 170 Å². The van der Waals surface area contributed by atoms with Crippen molar-refractivity contribution in [3.63, 3.8) is 0 Å². The van der Waals surface area contributed by atoms with Gasteiger partial charge in [-0.05, 0) is 62.2 Å². The smallest absolute Gasteiger partial charge is 0.237 e. The molecule has 28 heavy (non-hydrogen) atoms. The van der Waals surface area contributed by atoms with Gasteiger partial charge < -0.3 is 10.2 Å². The zero-order valence-electron chi connectivity index (χ0n) is 16.2. The van der Waals surface area contributed by atoms with Crippen molar-refractivity contribution < 1.29 is 9.18 Å². The molecule has 0 aromatic heterocycles. The van der Waals surface area contributed by atoms with E-state index in [0.29, 0.717) is 0 Å². The van der Waals surface area contributed by atoms with Crippen LogP contribution < -0.4 is 10.2 Å². The Hall–Kier alpha value is -2.05. The number of nitrogens with one attached hydrogen (secondary N) is 1. The summed E-state index contributed by atoms with van der Waals surface area (Å²) in [6.45, 7) is 6.97. The van der Waals surface area contributed by atoms with Crippen LogP contribution in [0.3, 0.4) is 0 Å². The van der Waals surface area contributed by atoms with Crippen LogP contribution >= 0.6 is 11.8 Å². The summed E-state index contributed by atoms with van der Waals surface area (Å²) in [4.78, 5) is 18.4. The molecular weight excluding hydrogens is 373 g/mol. The van der Waals surface area contributed by atoms with E-state index in [1.54, 1.807) is 11.8 Å². The van der Waals surface area contributed by atoms with Crippen LogP contribution in [0.2, 0.25) is 0 Å². The average molecular weight is 400 g/mol. The highest BCUT2D eigenvalue weighted by Crippen LogP contribution is 2.39. The molecule has 2 aliphatic heterocycles. The first kappa shape index (κ1) is 19.3. The van der Waals surface area contributed by atoms with Crippen LogP contribution in [0.15, 0.2) is 47.4 Å². The number of amides is 1. The van der Waals surface area contributed by atoms with Crippen molar-refractivity contribution in [3.8, 4) is 0 Å². The summed E-state index contributed by atoms with van der Waals surface area (Å²) in [5.74, 6) is -0.0577. The van der Waals surface area contributed by atoms with Gasteiger partial charge in [0.05, 0.1) is 10.9 Å². The molecule has 0 bridgehead atoms. The Morgan fingerprint density at radius 3 is 2.61 bits per heavy atom. The number of hydrogen-bond acceptors (Lipinski definition) is 4. The van der Waals surface area contributed by atoms with Gasteiger partial charge in [-0.25, -0.2) is 4.39 Å². The number of piperazine rings is 1. The lowest BCUT2D eigenvalue weighted by Crippen LogP contribution is -2.46. The monoisotopic (exact) mass is 399 g/mol. The van der Waals surface area contributed by atoms with E-state index < -0.39 is 0 Å². The predicted octanol–water partition coefficient (Wildman–Crippen LogP) is 4.15. The normalized spacial score (nSPS) is 20.0. The van der Waals surface area contributed by atoms with Crippen LogP contribution in [0.1, 0.15) is 18.4 Å². The van der Waals surface area contributed by atoms with Gasteiger partial charge in [0.1, 0.15) is 5.82 Å². The number of hydrogen-bond donors (Lipinski definition) is 1. The van der Waals surface area contributed by atoms with Crippen LogP contribution in [-0.2, 0) is 4.79 Å². The van der Waals surface area contributed by atoms with Gasteiger partial charge in [-0.2, -0.15) is 0 Å². The van der Waals surface area contributed by atoms with Gasteiger partial charge in [0, 0.05) is 36.8 Å². The first-order valence-corrected chi connectivity index (χ1v) is 10.8. The molecule has 1 N–H and O–H groups in total.